The summed E-state index contributed by atoms with van der Waals surface area (Å²) in [4.78, 5) is 0. The second-order valence-electron chi connectivity index (χ2n) is 7.33. The number of hydrogen-bond donors (Lipinski definition) is 0. The van der Waals surface area contributed by atoms with Crippen molar-refractivity contribution >= 4 is 6.08 Å². The van der Waals surface area contributed by atoms with E-state index in [1.165, 1.54) is 45.4 Å². The molecule has 3 aromatic carbocycles. The fraction of sp³-hybridized carbons (Fsp3) is 0.167. The quantitative estimate of drug-likeness (QED) is 0.390. The van der Waals surface area contributed by atoms with Gasteiger partial charge in [0.25, 0.3) is 0 Å². The summed E-state index contributed by atoms with van der Waals surface area (Å²) in [5, 5.41) is 0. The molecule has 0 amide bonds. The lowest BCUT2D eigenvalue weighted by Crippen LogP contribution is -2.10. The fourth-order valence-corrected chi connectivity index (χ4v) is 5.14. The van der Waals surface area contributed by atoms with Crippen LogP contribution in [0.5, 0.6) is 0 Å². The summed E-state index contributed by atoms with van der Waals surface area (Å²) < 4.78 is 0. The first-order chi connectivity index (χ1) is 11.9. The number of rotatable bonds is 0. The lowest BCUT2D eigenvalue weighted by Gasteiger charge is -2.26. The van der Waals surface area contributed by atoms with E-state index in [1.807, 2.05) is 0 Å². The van der Waals surface area contributed by atoms with Crippen LogP contribution in [-0.4, -0.2) is 0 Å². The second kappa shape index (κ2) is 4.48. The van der Waals surface area contributed by atoms with E-state index in [-0.39, 0.29) is 0 Å². The topological polar surface area (TPSA) is 0 Å². The maximum absolute atomic E-state index is 2.46. The van der Waals surface area contributed by atoms with Gasteiger partial charge in [0.05, 0.1) is 0 Å². The molecule has 24 heavy (non-hydrogen) atoms. The van der Waals surface area contributed by atoms with Crippen molar-refractivity contribution in [3.05, 3.63) is 100 Å². The van der Waals surface area contributed by atoms with Crippen LogP contribution in [0.25, 0.3) is 17.2 Å². The van der Waals surface area contributed by atoms with Crippen LogP contribution in [0.4, 0.5) is 0 Å². The molecule has 0 heterocycles. The van der Waals surface area contributed by atoms with Gasteiger partial charge in [-0.2, -0.15) is 0 Å². The summed E-state index contributed by atoms with van der Waals surface area (Å²) in [7, 11) is 0. The van der Waals surface area contributed by atoms with Crippen LogP contribution in [0.15, 0.2) is 66.7 Å². The Morgan fingerprint density at radius 3 is 2.50 bits per heavy atom. The van der Waals surface area contributed by atoms with E-state index in [1.54, 1.807) is 5.56 Å². The van der Waals surface area contributed by atoms with Gasteiger partial charge in [0.2, 0.25) is 0 Å². The zero-order valence-corrected chi connectivity index (χ0v) is 13.5. The second-order valence-corrected chi connectivity index (χ2v) is 7.33. The highest BCUT2D eigenvalue weighted by Crippen LogP contribution is 2.52. The van der Waals surface area contributed by atoms with Gasteiger partial charge in [-0.15, -0.1) is 0 Å². The van der Waals surface area contributed by atoms with Gasteiger partial charge in [0.15, 0.2) is 0 Å². The van der Waals surface area contributed by atoms with Crippen LogP contribution in [-0.2, 0) is 12.8 Å². The van der Waals surface area contributed by atoms with Gasteiger partial charge in [-0.3, -0.25) is 0 Å². The van der Waals surface area contributed by atoms with Crippen LogP contribution in [0, 0.1) is 0 Å². The summed E-state index contributed by atoms with van der Waals surface area (Å²) in [6.07, 6.45) is 7.12. The number of allylic oxidation sites excluding steroid dienone is 1. The molecule has 0 N–H and O–H groups in total. The van der Waals surface area contributed by atoms with Gasteiger partial charge >= 0.3 is 0 Å². The van der Waals surface area contributed by atoms with Crippen molar-refractivity contribution in [1.82, 2.24) is 0 Å². The SMILES string of the molecule is C1=CC2c3ccccc3CC2c2ccc3c(c21)-c1ccccc1C3. The molecule has 3 aliphatic rings. The Labute approximate surface area is 142 Å². The van der Waals surface area contributed by atoms with Crippen molar-refractivity contribution in [2.45, 2.75) is 24.7 Å². The van der Waals surface area contributed by atoms with Gasteiger partial charge in [0.1, 0.15) is 0 Å². The molecule has 0 aromatic heterocycles. The van der Waals surface area contributed by atoms with Crippen LogP contribution in [0.1, 0.15) is 45.2 Å². The van der Waals surface area contributed by atoms with Crippen molar-refractivity contribution in [2.24, 2.45) is 0 Å². The highest BCUT2D eigenvalue weighted by molar-refractivity contribution is 5.87. The molecular formula is C24H18. The Kier molecular flexibility index (Phi) is 2.38. The normalized spacial score (nSPS) is 21.7. The molecule has 0 nitrogen and oxygen atoms in total. The van der Waals surface area contributed by atoms with Crippen LogP contribution in [0.2, 0.25) is 0 Å². The standard InChI is InChI=1S/C24H18/c1-3-7-18-16(6-1)14-23-20(18)11-12-22-21(23)10-9-17-13-15-5-2-4-8-19(15)24(17)22/h1-12,20,23H,13-14H2. The lowest BCUT2D eigenvalue weighted by atomic mass is 9.77. The molecule has 114 valence electrons. The van der Waals surface area contributed by atoms with Gasteiger partial charge in [-0.1, -0.05) is 72.8 Å². The van der Waals surface area contributed by atoms with Crippen molar-refractivity contribution < 1.29 is 0 Å². The van der Waals surface area contributed by atoms with Crippen LogP contribution >= 0.6 is 0 Å². The molecule has 0 fully saturated rings. The minimum absolute atomic E-state index is 0.559. The van der Waals surface area contributed by atoms with E-state index in [9.17, 15) is 0 Å². The minimum Gasteiger partial charge on any atom is -0.0757 e. The first-order valence-corrected chi connectivity index (χ1v) is 8.90. The predicted octanol–water partition coefficient (Wildman–Crippen LogP) is 5.71. The summed E-state index contributed by atoms with van der Waals surface area (Å²) in [6.45, 7) is 0. The average Bonchev–Trinajstić information content (AvgIpc) is 3.19. The van der Waals surface area contributed by atoms with E-state index >= 15 is 0 Å². The molecule has 0 spiro atoms. The number of fused-ring (bicyclic) bond motifs is 9. The summed E-state index contributed by atoms with van der Waals surface area (Å²) in [5.41, 5.74) is 12.0. The van der Waals surface area contributed by atoms with E-state index < -0.39 is 0 Å². The largest absolute Gasteiger partial charge is 0.0757 e. The monoisotopic (exact) mass is 306 g/mol. The maximum atomic E-state index is 2.46. The van der Waals surface area contributed by atoms with Gasteiger partial charge in [-0.25, -0.2) is 0 Å². The summed E-state index contributed by atoms with van der Waals surface area (Å²) >= 11 is 0. The third-order valence-corrected chi connectivity index (χ3v) is 6.19. The lowest BCUT2D eigenvalue weighted by molar-refractivity contribution is 0.666. The molecule has 0 saturated heterocycles. The fourth-order valence-electron chi connectivity index (χ4n) is 5.14. The van der Waals surface area contributed by atoms with Crippen LogP contribution in [0.3, 0.4) is 0 Å². The van der Waals surface area contributed by atoms with E-state index in [2.05, 4.69) is 72.8 Å². The third kappa shape index (κ3) is 1.54. The first kappa shape index (κ1) is 12.8. The molecule has 0 heteroatoms. The Morgan fingerprint density at radius 1 is 0.708 bits per heavy atom. The summed E-state index contributed by atoms with van der Waals surface area (Å²) in [5.74, 6) is 1.17. The molecule has 3 aromatic rings. The van der Waals surface area contributed by atoms with Crippen molar-refractivity contribution in [1.29, 1.82) is 0 Å². The Hall–Kier alpha value is -2.60. The van der Waals surface area contributed by atoms with Crippen molar-refractivity contribution in [3.8, 4) is 11.1 Å². The number of benzene rings is 3. The first-order valence-electron chi connectivity index (χ1n) is 8.90. The van der Waals surface area contributed by atoms with Gasteiger partial charge in [0, 0.05) is 5.92 Å². The molecule has 0 radical (unpaired) electrons. The Morgan fingerprint density at radius 2 is 1.54 bits per heavy atom. The van der Waals surface area contributed by atoms with E-state index in [0.29, 0.717) is 11.8 Å². The molecule has 6 rings (SSSR count). The molecule has 2 unspecified atom stereocenters. The number of hydrogen-bond acceptors (Lipinski definition) is 0. The molecule has 3 aliphatic carbocycles. The molecule has 0 bridgehead atoms. The zero-order chi connectivity index (χ0) is 15.7. The minimum atomic E-state index is 0.559. The van der Waals surface area contributed by atoms with Crippen molar-refractivity contribution in [2.75, 3.05) is 0 Å². The average molecular weight is 306 g/mol. The molecule has 0 saturated carbocycles. The van der Waals surface area contributed by atoms with E-state index in [0.717, 1.165) is 6.42 Å². The summed E-state index contributed by atoms with van der Waals surface area (Å²) in [6, 6.07) is 22.7. The van der Waals surface area contributed by atoms with Gasteiger partial charge in [-0.05, 0) is 63.3 Å². The maximum Gasteiger partial charge on any atom is 0.00962 e. The Bertz CT molecular complexity index is 1020. The molecular weight excluding hydrogens is 288 g/mol. The van der Waals surface area contributed by atoms with E-state index in [4.69, 9.17) is 0 Å². The highest BCUT2D eigenvalue weighted by atomic mass is 14.4. The van der Waals surface area contributed by atoms with Crippen LogP contribution < -0.4 is 0 Å². The highest BCUT2D eigenvalue weighted by Gasteiger charge is 2.36. The smallest absolute Gasteiger partial charge is 0.00962 e. The molecule has 0 aliphatic heterocycles. The molecule has 2 atom stereocenters. The third-order valence-electron chi connectivity index (χ3n) is 6.19. The predicted molar refractivity (Wildman–Crippen MR) is 99.3 cm³/mol. The Balaban J connectivity index is 1.57. The zero-order valence-electron chi connectivity index (χ0n) is 13.5. The van der Waals surface area contributed by atoms with Gasteiger partial charge < -0.3 is 0 Å². The van der Waals surface area contributed by atoms with Crippen molar-refractivity contribution in [3.63, 3.8) is 0 Å².